The predicted octanol–water partition coefficient (Wildman–Crippen LogP) is 4.61. The molecule has 2 aromatic rings. The predicted molar refractivity (Wildman–Crippen MR) is 119 cm³/mol. The third-order valence-corrected chi connectivity index (χ3v) is 7.50. The molecule has 4 heteroatoms. The molecule has 0 unspecified atom stereocenters. The molecule has 0 spiro atoms. The largest absolute Gasteiger partial charge is 0.361 e. The normalized spacial score (nSPS) is 25.0. The van der Waals surface area contributed by atoms with Gasteiger partial charge in [0.25, 0.3) is 0 Å². The van der Waals surface area contributed by atoms with Crippen molar-refractivity contribution in [1.82, 2.24) is 14.8 Å². The molecule has 1 amide bonds. The molecule has 2 aliphatic carbocycles. The van der Waals surface area contributed by atoms with Crippen LogP contribution in [0.4, 0.5) is 0 Å². The van der Waals surface area contributed by atoms with Crippen LogP contribution in [0.2, 0.25) is 0 Å². The molecule has 5 rings (SSSR count). The van der Waals surface area contributed by atoms with E-state index in [1.807, 2.05) is 4.90 Å². The van der Waals surface area contributed by atoms with Gasteiger partial charge in [-0.1, -0.05) is 37.5 Å². The van der Waals surface area contributed by atoms with Crippen molar-refractivity contribution in [3.8, 4) is 0 Å². The Hall–Kier alpha value is -2.07. The van der Waals surface area contributed by atoms with Gasteiger partial charge >= 0.3 is 0 Å². The smallest absolute Gasteiger partial charge is 0.230 e. The van der Waals surface area contributed by atoms with Crippen molar-refractivity contribution < 1.29 is 4.79 Å². The number of carbonyl (C=O) groups excluding carboxylic acids is 1. The number of fused-ring (bicyclic) bond motifs is 2. The van der Waals surface area contributed by atoms with Crippen LogP contribution in [0.25, 0.3) is 16.5 Å². The number of hydrogen-bond acceptors (Lipinski definition) is 2. The van der Waals surface area contributed by atoms with Crippen LogP contribution in [0.15, 0.2) is 30.5 Å². The summed E-state index contributed by atoms with van der Waals surface area (Å²) in [5.74, 6) is 0.271. The lowest BCUT2D eigenvalue weighted by atomic mass is 9.77. The van der Waals surface area contributed by atoms with Crippen molar-refractivity contribution in [2.75, 3.05) is 19.6 Å². The highest BCUT2D eigenvalue weighted by Gasteiger charge is 2.40. The Bertz CT molecular complexity index is 933. The molecular weight excluding hydrogens is 358 g/mol. The van der Waals surface area contributed by atoms with Crippen LogP contribution in [0.5, 0.6) is 0 Å². The maximum atomic E-state index is 13.3. The second-order valence-electron chi connectivity index (χ2n) is 8.99. The number of H-pyrrole nitrogens is 1. The molecule has 154 valence electrons. The summed E-state index contributed by atoms with van der Waals surface area (Å²) in [6.45, 7) is 6.64. The molecule has 1 N–H and O–H groups in total. The summed E-state index contributed by atoms with van der Waals surface area (Å²) in [4.78, 5) is 21.5. The lowest BCUT2D eigenvalue weighted by molar-refractivity contribution is -0.134. The molecule has 0 saturated heterocycles. The van der Waals surface area contributed by atoms with E-state index in [-0.39, 0.29) is 5.92 Å². The van der Waals surface area contributed by atoms with Crippen LogP contribution in [0.1, 0.15) is 57.1 Å². The zero-order valence-corrected chi connectivity index (χ0v) is 17.8. The first kappa shape index (κ1) is 18.9. The maximum absolute atomic E-state index is 13.3. The number of benzene rings is 1. The van der Waals surface area contributed by atoms with Crippen molar-refractivity contribution in [3.63, 3.8) is 0 Å². The Morgan fingerprint density at radius 3 is 2.72 bits per heavy atom. The molecule has 29 heavy (non-hydrogen) atoms. The zero-order chi connectivity index (χ0) is 20.0. The minimum atomic E-state index is -0.0289. The van der Waals surface area contributed by atoms with Gasteiger partial charge in [-0.05, 0) is 55.9 Å². The number of carbonyl (C=O) groups is 1. The molecular formula is C25H33N3O. The van der Waals surface area contributed by atoms with Crippen LogP contribution < -0.4 is 0 Å². The number of nitrogens with one attached hydrogen (secondary N) is 1. The highest BCUT2D eigenvalue weighted by Crippen LogP contribution is 2.43. The van der Waals surface area contributed by atoms with Gasteiger partial charge in [0.15, 0.2) is 0 Å². The molecule has 0 radical (unpaired) electrons. The monoisotopic (exact) mass is 391 g/mol. The molecule has 0 bridgehead atoms. The summed E-state index contributed by atoms with van der Waals surface area (Å²) >= 11 is 0. The van der Waals surface area contributed by atoms with E-state index >= 15 is 0 Å². The highest BCUT2D eigenvalue weighted by atomic mass is 16.2. The van der Waals surface area contributed by atoms with E-state index in [1.165, 1.54) is 59.7 Å². The van der Waals surface area contributed by atoms with Gasteiger partial charge in [-0.25, -0.2) is 0 Å². The van der Waals surface area contributed by atoms with Gasteiger partial charge in [0.2, 0.25) is 5.91 Å². The minimum Gasteiger partial charge on any atom is -0.361 e. The molecule has 1 aromatic carbocycles. The number of nitrogens with zero attached hydrogens (tertiary/aromatic N) is 2. The topological polar surface area (TPSA) is 39.3 Å². The van der Waals surface area contributed by atoms with Crippen molar-refractivity contribution in [3.05, 3.63) is 41.6 Å². The van der Waals surface area contributed by atoms with Crippen molar-refractivity contribution >= 4 is 22.4 Å². The van der Waals surface area contributed by atoms with E-state index in [2.05, 4.69) is 54.2 Å². The summed E-state index contributed by atoms with van der Waals surface area (Å²) < 4.78 is 0. The first-order chi connectivity index (χ1) is 14.2. The van der Waals surface area contributed by atoms with Crippen LogP contribution >= 0.6 is 0 Å². The zero-order valence-electron chi connectivity index (χ0n) is 17.8. The van der Waals surface area contributed by atoms with E-state index in [4.69, 9.17) is 0 Å². The fourth-order valence-corrected chi connectivity index (χ4v) is 6.01. The van der Waals surface area contributed by atoms with Gasteiger partial charge in [0.05, 0.1) is 5.92 Å². The second-order valence-corrected chi connectivity index (χ2v) is 8.99. The third-order valence-electron chi connectivity index (χ3n) is 7.50. The average molecular weight is 392 g/mol. The molecule has 4 nitrogen and oxygen atoms in total. The fraction of sp³-hybridized carbons (Fsp3) is 0.560. The van der Waals surface area contributed by atoms with E-state index in [0.29, 0.717) is 18.0 Å². The van der Waals surface area contributed by atoms with Crippen LogP contribution in [-0.4, -0.2) is 52.4 Å². The van der Waals surface area contributed by atoms with Gasteiger partial charge in [0.1, 0.15) is 0 Å². The number of amides is 1. The molecule has 1 fully saturated rings. The average Bonchev–Trinajstić information content (AvgIpc) is 3.19. The van der Waals surface area contributed by atoms with E-state index < -0.39 is 0 Å². The Morgan fingerprint density at radius 1 is 1.17 bits per heavy atom. The fourth-order valence-electron chi connectivity index (χ4n) is 6.01. The summed E-state index contributed by atoms with van der Waals surface area (Å²) in [5, 5.41) is 1.37. The Labute approximate surface area is 174 Å². The molecule has 1 aromatic heterocycles. The lowest BCUT2D eigenvalue weighted by Crippen LogP contribution is -2.53. The van der Waals surface area contributed by atoms with Crippen LogP contribution in [0, 0.1) is 5.92 Å². The first-order valence-electron chi connectivity index (χ1n) is 11.6. The van der Waals surface area contributed by atoms with Crippen LogP contribution in [-0.2, 0) is 11.2 Å². The lowest BCUT2D eigenvalue weighted by Gasteiger charge is -2.47. The summed E-state index contributed by atoms with van der Waals surface area (Å²) in [7, 11) is 0. The first-order valence-corrected chi connectivity index (χ1v) is 11.6. The SMILES string of the molecule is CCN(CC)C(=O)[C@@H]1C=C2c3cccc4[nH]cc(c34)C[C@H]2N(C2CCCCC2)C1. The quantitative estimate of drug-likeness (QED) is 0.827. The maximum Gasteiger partial charge on any atom is 0.230 e. The van der Waals surface area contributed by atoms with E-state index in [0.717, 1.165) is 26.1 Å². The number of rotatable bonds is 4. The Kier molecular flexibility index (Phi) is 4.99. The van der Waals surface area contributed by atoms with Gasteiger partial charge in [-0.15, -0.1) is 0 Å². The summed E-state index contributed by atoms with van der Waals surface area (Å²) in [5.41, 5.74) is 5.39. The number of aromatic amines is 1. The van der Waals surface area contributed by atoms with Crippen molar-refractivity contribution in [2.45, 2.75) is 64.5 Å². The summed E-state index contributed by atoms with van der Waals surface area (Å²) in [6, 6.07) is 7.61. The molecule has 1 aliphatic heterocycles. The van der Waals surface area contributed by atoms with Crippen molar-refractivity contribution in [2.24, 2.45) is 5.92 Å². The highest BCUT2D eigenvalue weighted by molar-refractivity contribution is 5.99. The van der Waals surface area contributed by atoms with E-state index in [9.17, 15) is 4.79 Å². The molecule has 3 aliphatic rings. The van der Waals surface area contributed by atoms with Gasteiger partial charge in [0, 0.05) is 48.8 Å². The standard InChI is InChI=1S/C25H33N3O/c1-3-27(4-2)25(29)18-13-21-20-11-8-12-22-24(20)17(15-26-22)14-23(21)28(16-18)19-9-6-5-7-10-19/h8,11-13,15,18-19,23,26H,3-7,9-10,14,16H2,1-2H3/t18-,23-/m1/s1. The summed E-state index contributed by atoms with van der Waals surface area (Å²) in [6.07, 6.45) is 12.2. The number of aromatic nitrogens is 1. The van der Waals surface area contributed by atoms with Crippen LogP contribution in [0.3, 0.4) is 0 Å². The Balaban J connectivity index is 1.59. The van der Waals surface area contributed by atoms with Gasteiger partial charge in [-0.3, -0.25) is 9.69 Å². The third kappa shape index (κ3) is 3.13. The molecule has 2 heterocycles. The van der Waals surface area contributed by atoms with E-state index in [1.54, 1.807) is 0 Å². The van der Waals surface area contributed by atoms with Gasteiger partial charge in [-0.2, -0.15) is 0 Å². The van der Waals surface area contributed by atoms with Crippen molar-refractivity contribution in [1.29, 1.82) is 0 Å². The molecule has 1 saturated carbocycles. The Morgan fingerprint density at radius 2 is 1.97 bits per heavy atom. The van der Waals surface area contributed by atoms with Gasteiger partial charge < -0.3 is 9.88 Å². The molecule has 2 atom stereocenters. The minimum absolute atomic E-state index is 0.0289. The number of hydrogen-bond donors (Lipinski definition) is 1. The second kappa shape index (κ2) is 7.64.